The summed E-state index contributed by atoms with van der Waals surface area (Å²) in [5.41, 5.74) is 3.30. The largest absolute Gasteiger partial charge is 0.493 e. The summed E-state index contributed by atoms with van der Waals surface area (Å²) < 4.78 is 11.2. The van der Waals surface area contributed by atoms with Gasteiger partial charge in [0.2, 0.25) is 0 Å². The first-order chi connectivity index (χ1) is 12.2. The first-order valence-corrected chi connectivity index (χ1v) is 8.53. The topological polar surface area (TPSA) is 51.1 Å². The zero-order valence-corrected chi connectivity index (χ0v) is 14.4. The highest BCUT2D eigenvalue weighted by Gasteiger charge is 2.36. The molecule has 2 aliphatic heterocycles. The zero-order valence-electron chi connectivity index (χ0n) is 14.4. The van der Waals surface area contributed by atoms with Crippen LogP contribution in [0, 0.1) is 0 Å². The average Bonchev–Trinajstić information content (AvgIpc) is 2.96. The Morgan fingerprint density at radius 1 is 1.24 bits per heavy atom. The fourth-order valence-corrected chi connectivity index (χ4v) is 3.40. The summed E-state index contributed by atoms with van der Waals surface area (Å²) in [6, 6.07) is 11.5. The average molecular weight is 336 g/mol. The number of rotatable bonds is 4. The lowest BCUT2D eigenvalue weighted by Crippen LogP contribution is -2.37. The number of carbonyl (C=O) groups excluding carboxylic acids is 1. The van der Waals surface area contributed by atoms with Crippen LogP contribution in [0.1, 0.15) is 29.3 Å². The van der Waals surface area contributed by atoms with Gasteiger partial charge in [0.25, 0.3) is 5.91 Å². The Morgan fingerprint density at radius 3 is 2.88 bits per heavy atom. The molecule has 1 amide bonds. The van der Waals surface area contributed by atoms with E-state index < -0.39 is 0 Å². The van der Waals surface area contributed by atoms with Crippen LogP contribution < -0.4 is 14.4 Å². The molecule has 0 saturated carbocycles. The number of carbonyl (C=O) groups is 1. The van der Waals surface area contributed by atoms with Crippen LogP contribution in [0.3, 0.4) is 0 Å². The first-order valence-electron chi connectivity index (χ1n) is 8.53. The predicted molar refractivity (Wildman–Crippen MR) is 97.7 cm³/mol. The summed E-state index contributed by atoms with van der Waals surface area (Å²) in [6.45, 7) is 2.64. The van der Waals surface area contributed by atoms with Gasteiger partial charge >= 0.3 is 0 Å². The van der Waals surface area contributed by atoms with Crippen molar-refractivity contribution in [1.29, 1.82) is 0 Å². The van der Waals surface area contributed by atoms with Gasteiger partial charge in [0.1, 0.15) is 0 Å². The molecule has 2 aliphatic rings. The number of ether oxygens (including phenoxy) is 2. The van der Waals surface area contributed by atoms with Crippen LogP contribution >= 0.6 is 0 Å². The van der Waals surface area contributed by atoms with Gasteiger partial charge in [-0.05, 0) is 24.1 Å². The van der Waals surface area contributed by atoms with Gasteiger partial charge in [-0.2, -0.15) is 0 Å². The lowest BCUT2D eigenvalue weighted by atomic mass is 10.1. The van der Waals surface area contributed by atoms with Crippen LogP contribution in [0.4, 0.5) is 11.4 Å². The van der Waals surface area contributed by atoms with E-state index in [0.29, 0.717) is 29.4 Å². The minimum atomic E-state index is -0.0530. The Kier molecular flexibility index (Phi) is 3.92. The second-order valence-electron chi connectivity index (χ2n) is 6.22. The van der Waals surface area contributed by atoms with Crippen LogP contribution in [0.15, 0.2) is 41.4 Å². The van der Waals surface area contributed by atoms with Crippen molar-refractivity contribution >= 4 is 23.5 Å². The molecule has 0 radical (unpaired) electrons. The van der Waals surface area contributed by atoms with Crippen molar-refractivity contribution in [3.8, 4) is 11.5 Å². The quantitative estimate of drug-likeness (QED) is 0.854. The number of anilines is 1. The van der Waals surface area contributed by atoms with Crippen LogP contribution in [0.25, 0.3) is 0 Å². The molecular weight excluding hydrogens is 316 g/mol. The Balaban J connectivity index is 1.79. The standard InChI is InChI=1S/C20H20N2O3/c1-3-8-25-19-11-16-15(10-18(19)24-2)20(23)22-14(12-21-16)9-13-6-4-5-7-17(13)22/h4-7,10-12,14H,3,8-9H2,1-2H3/t14-/m0/s1. The molecule has 2 heterocycles. The third kappa shape index (κ3) is 2.56. The number of hydrogen-bond donors (Lipinski definition) is 0. The maximum atomic E-state index is 13.2. The monoisotopic (exact) mass is 336 g/mol. The molecule has 0 fully saturated rings. The van der Waals surface area contributed by atoms with Crippen LogP contribution in [0.5, 0.6) is 11.5 Å². The maximum Gasteiger partial charge on any atom is 0.261 e. The van der Waals surface area contributed by atoms with Gasteiger partial charge in [0.15, 0.2) is 11.5 Å². The van der Waals surface area contributed by atoms with Crippen molar-refractivity contribution in [2.24, 2.45) is 4.99 Å². The molecule has 0 aliphatic carbocycles. The fourth-order valence-electron chi connectivity index (χ4n) is 3.40. The molecule has 128 valence electrons. The molecule has 0 bridgehead atoms. The molecule has 1 atom stereocenters. The van der Waals surface area contributed by atoms with Crippen LogP contribution in [-0.2, 0) is 6.42 Å². The van der Waals surface area contributed by atoms with Crippen molar-refractivity contribution in [2.45, 2.75) is 25.8 Å². The van der Waals surface area contributed by atoms with Gasteiger partial charge in [-0.15, -0.1) is 0 Å². The van der Waals surface area contributed by atoms with E-state index in [0.717, 1.165) is 18.5 Å². The Morgan fingerprint density at radius 2 is 2.08 bits per heavy atom. The summed E-state index contributed by atoms with van der Waals surface area (Å²) in [5.74, 6) is 1.12. The van der Waals surface area contributed by atoms with E-state index in [1.807, 2.05) is 36.2 Å². The van der Waals surface area contributed by atoms with E-state index in [-0.39, 0.29) is 11.9 Å². The Labute approximate surface area is 146 Å². The van der Waals surface area contributed by atoms with Gasteiger partial charge in [-0.25, -0.2) is 0 Å². The minimum Gasteiger partial charge on any atom is -0.493 e. The fraction of sp³-hybridized carbons (Fsp3) is 0.300. The molecule has 2 aromatic rings. The lowest BCUT2D eigenvalue weighted by Gasteiger charge is -2.22. The highest BCUT2D eigenvalue weighted by molar-refractivity contribution is 6.14. The maximum absolute atomic E-state index is 13.2. The van der Waals surface area contributed by atoms with Crippen LogP contribution in [0.2, 0.25) is 0 Å². The van der Waals surface area contributed by atoms with Gasteiger partial charge < -0.3 is 9.47 Å². The van der Waals surface area contributed by atoms with Gasteiger partial charge in [-0.1, -0.05) is 25.1 Å². The summed E-state index contributed by atoms with van der Waals surface area (Å²) in [4.78, 5) is 19.6. The van der Waals surface area contributed by atoms with Gasteiger partial charge in [0.05, 0.1) is 31.0 Å². The minimum absolute atomic E-state index is 0.0525. The predicted octanol–water partition coefficient (Wildman–Crippen LogP) is 3.77. The summed E-state index contributed by atoms with van der Waals surface area (Å²) in [7, 11) is 1.58. The molecule has 4 rings (SSSR count). The Bertz CT molecular complexity index is 860. The molecule has 0 spiro atoms. The SMILES string of the molecule is CCCOc1cc2c(cc1OC)C(=O)N1c3ccccc3C[C@H]1C=N2. The molecule has 25 heavy (non-hydrogen) atoms. The normalized spacial score (nSPS) is 17.6. The third-order valence-corrected chi connectivity index (χ3v) is 4.59. The molecular formula is C20H20N2O3. The molecule has 5 nitrogen and oxygen atoms in total. The number of hydrogen-bond acceptors (Lipinski definition) is 4. The summed E-state index contributed by atoms with van der Waals surface area (Å²) >= 11 is 0. The second-order valence-corrected chi connectivity index (χ2v) is 6.22. The first kappa shape index (κ1) is 15.7. The molecule has 0 N–H and O–H groups in total. The molecule has 2 aromatic carbocycles. The number of fused-ring (bicyclic) bond motifs is 4. The summed E-state index contributed by atoms with van der Waals surface area (Å²) in [5, 5.41) is 0. The van der Waals surface area contributed by atoms with E-state index in [9.17, 15) is 4.79 Å². The number of para-hydroxylation sites is 1. The van der Waals surface area contributed by atoms with E-state index >= 15 is 0 Å². The van der Waals surface area contributed by atoms with Crippen molar-refractivity contribution in [3.63, 3.8) is 0 Å². The van der Waals surface area contributed by atoms with E-state index in [1.54, 1.807) is 19.2 Å². The number of aliphatic imine (C=N–C) groups is 1. The number of benzene rings is 2. The lowest BCUT2D eigenvalue weighted by molar-refractivity contribution is 0.0986. The van der Waals surface area contributed by atoms with Crippen molar-refractivity contribution in [1.82, 2.24) is 0 Å². The summed E-state index contributed by atoms with van der Waals surface area (Å²) in [6.07, 6.45) is 3.55. The number of methoxy groups -OCH3 is 1. The second kappa shape index (κ2) is 6.24. The number of nitrogens with zero attached hydrogens (tertiary/aromatic N) is 2. The van der Waals surface area contributed by atoms with Gasteiger partial charge in [0, 0.05) is 24.4 Å². The molecule has 0 saturated heterocycles. The van der Waals surface area contributed by atoms with Crippen LogP contribution in [-0.4, -0.2) is 31.9 Å². The highest BCUT2D eigenvalue weighted by Crippen LogP contribution is 2.40. The smallest absolute Gasteiger partial charge is 0.261 e. The Hall–Kier alpha value is -2.82. The number of amides is 1. The molecule has 5 heteroatoms. The third-order valence-electron chi connectivity index (χ3n) is 4.59. The van der Waals surface area contributed by atoms with Crippen molar-refractivity contribution < 1.29 is 14.3 Å². The van der Waals surface area contributed by atoms with Gasteiger partial charge in [-0.3, -0.25) is 14.7 Å². The van der Waals surface area contributed by atoms with E-state index in [4.69, 9.17) is 9.47 Å². The highest BCUT2D eigenvalue weighted by atomic mass is 16.5. The zero-order chi connectivity index (χ0) is 17.4. The molecule has 0 unspecified atom stereocenters. The van der Waals surface area contributed by atoms with E-state index in [2.05, 4.69) is 11.1 Å². The van der Waals surface area contributed by atoms with E-state index in [1.165, 1.54) is 5.56 Å². The van der Waals surface area contributed by atoms with Crippen molar-refractivity contribution in [3.05, 3.63) is 47.5 Å². The van der Waals surface area contributed by atoms with Crippen molar-refractivity contribution in [2.75, 3.05) is 18.6 Å². The molecule has 0 aromatic heterocycles.